The Morgan fingerprint density at radius 3 is 2.42 bits per heavy atom. The normalized spacial score (nSPS) is 10.3. The van der Waals surface area contributed by atoms with E-state index in [1.807, 2.05) is 39.0 Å². The van der Waals surface area contributed by atoms with Gasteiger partial charge in [-0.25, -0.2) is 0 Å². The lowest BCUT2D eigenvalue weighted by Crippen LogP contribution is -2.33. The summed E-state index contributed by atoms with van der Waals surface area (Å²) in [7, 11) is 0. The predicted molar refractivity (Wildman–Crippen MR) is 75.4 cm³/mol. The number of anilines is 1. The standard InChI is InChI=1S/C15H21NO3/c1-4-5-14(17)16(9-8-15(18)19)13-7-6-11(2)10-12(13)3/h6-7,10H,4-5,8-9H2,1-3H3,(H,18,19). The topological polar surface area (TPSA) is 57.6 Å². The first-order valence-corrected chi connectivity index (χ1v) is 6.55. The Bertz CT molecular complexity index is 468. The van der Waals surface area contributed by atoms with Crippen molar-refractivity contribution >= 4 is 17.6 Å². The SMILES string of the molecule is CCCC(=O)N(CCC(=O)O)c1ccc(C)cc1C. The molecule has 0 bridgehead atoms. The van der Waals surface area contributed by atoms with Crippen LogP contribution in [-0.4, -0.2) is 23.5 Å². The summed E-state index contributed by atoms with van der Waals surface area (Å²) >= 11 is 0. The lowest BCUT2D eigenvalue weighted by Gasteiger charge is -2.24. The van der Waals surface area contributed by atoms with E-state index >= 15 is 0 Å². The number of carbonyl (C=O) groups excluding carboxylic acids is 1. The van der Waals surface area contributed by atoms with E-state index in [0.29, 0.717) is 6.42 Å². The van der Waals surface area contributed by atoms with Gasteiger partial charge in [-0.2, -0.15) is 0 Å². The average molecular weight is 263 g/mol. The van der Waals surface area contributed by atoms with Gasteiger partial charge < -0.3 is 10.0 Å². The molecule has 0 atom stereocenters. The van der Waals surface area contributed by atoms with Gasteiger partial charge in [0.25, 0.3) is 0 Å². The molecule has 1 aromatic rings. The third kappa shape index (κ3) is 4.39. The van der Waals surface area contributed by atoms with Crippen LogP contribution >= 0.6 is 0 Å². The van der Waals surface area contributed by atoms with Crippen molar-refractivity contribution in [2.75, 3.05) is 11.4 Å². The molecule has 0 unspecified atom stereocenters. The first-order chi connectivity index (χ1) is 8.95. The summed E-state index contributed by atoms with van der Waals surface area (Å²) in [5.41, 5.74) is 2.93. The van der Waals surface area contributed by atoms with Gasteiger partial charge in [-0.1, -0.05) is 24.6 Å². The Morgan fingerprint density at radius 2 is 1.89 bits per heavy atom. The molecule has 19 heavy (non-hydrogen) atoms. The summed E-state index contributed by atoms with van der Waals surface area (Å²) in [6.45, 7) is 6.09. The minimum absolute atomic E-state index is 0.0179. The number of aryl methyl sites for hydroxylation is 2. The molecule has 0 aliphatic heterocycles. The minimum Gasteiger partial charge on any atom is -0.481 e. The molecule has 1 N–H and O–H groups in total. The number of hydrogen-bond acceptors (Lipinski definition) is 2. The first-order valence-electron chi connectivity index (χ1n) is 6.55. The third-order valence-electron chi connectivity index (χ3n) is 2.96. The van der Waals surface area contributed by atoms with Crippen molar-refractivity contribution < 1.29 is 14.7 Å². The zero-order valence-corrected chi connectivity index (χ0v) is 11.8. The van der Waals surface area contributed by atoms with Gasteiger partial charge in [-0.05, 0) is 31.9 Å². The van der Waals surface area contributed by atoms with Gasteiger partial charge in [0, 0.05) is 18.7 Å². The number of carboxylic acids is 1. The summed E-state index contributed by atoms with van der Waals surface area (Å²) < 4.78 is 0. The average Bonchev–Trinajstić information content (AvgIpc) is 2.31. The van der Waals surface area contributed by atoms with E-state index in [1.54, 1.807) is 4.90 Å². The van der Waals surface area contributed by atoms with Gasteiger partial charge in [0.05, 0.1) is 6.42 Å². The molecule has 0 aromatic heterocycles. The molecule has 0 heterocycles. The summed E-state index contributed by atoms with van der Waals surface area (Å²) in [6.07, 6.45) is 1.16. The van der Waals surface area contributed by atoms with Crippen LogP contribution in [-0.2, 0) is 9.59 Å². The van der Waals surface area contributed by atoms with Crippen molar-refractivity contribution in [3.63, 3.8) is 0 Å². The van der Waals surface area contributed by atoms with E-state index in [4.69, 9.17) is 5.11 Å². The maximum Gasteiger partial charge on any atom is 0.305 e. The second-order valence-electron chi connectivity index (χ2n) is 4.73. The molecule has 4 nitrogen and oxygen atoms in total. The highest BCUT2D eigenvalue weighted by atomic mass is 16.4. The Kier molecular flexibility index (Phi) is 5.55. The molecule has 0 saturated carbocycles. The van der Waals surface area contributed by atoms with E-state index in [-0.39, 0.29) is 18.9 Å². The molecule has 0 radical (unpaired) electrons. The zero-order chi connectivity index (χ0) is 14.4. The number of rotatable bonds is 6. The summed E-state index contributed by atoms with van der Waals surface area (Å²) in [6, 6.07) is 5.83. The molecule has 4 heteroatoms. The minimum atomic E-state index is -0.890. The molecule has 1 rings (SSSR count). The van der Waals surface area contributed by atoms with Crippen molar-refractivity contribution in [2.45, 2.75) is 40.0 Å². The highest BCUT2D eigenvalue weighted by Crippen LogP contribution is 2.22. The van der Waals surface area contributed by atoms with Crippen molar-refractivity contribution in [3.05, 3.63) is 29.3 Å². The van der Waals surface area contributed by atoms with Gasteiger partial charge >= 0.3 is 5.97 Å². The molecule has 104 valence electrons. The van der Waals surface area contributed by atoms with Crippen LogP contribution in [0.25, 0.3) is 0 Å². The van der Waals surface area contributed by atoms with Gasteiger partial charge in [-0.3, -0.25) is 9.59 Å². The number of amides is 1. The summed E-state index contributed by atoms with van der Waals surface area (Å²) in [4.78, 5) is 24.4. The van der Waals surface area contributed by atoms with Crippen LogP contribution < -0.4 is 4.90 Å². The second kappa shape index (κ2) is 6.92. The van der Waals surface area contributed by atoms with Crippen molar-refractivity contribution in [1.29, 1.82) is 0 Å². The molecule has 0 aliphatic carbocycles. The predicted octanol–water partition coefficient (Wildman–Crippen LogP) is 2.91. The maximum atomic E-state index is 12.1. The lowest BCUT2D eigenvalue weighted by molar-refractivity contribution is -0.136. The van der Waals surface area contributed by atoms with Crippen LogP contribution in [0.1, 0.15) is 37.3 Å². The number of carbonyl (C=O) groups is 2. The molecule has 0 aliphatic rings. The lowest BCUT2D eigenvalue weighted by atomic mass is 10.1. The van der Waals surface area contributed by atoms with Crippen molar-refractivity contribution in [3.8, 4) is 0 Å². The summed E-state index contributed by atoms with van der Waals surface area (Å²) in [5.74, 6) is -0.908. The number of hydrogen-bond donors (Lipinski definition) is 1. The van der Waals surface area contributed by atoms with Crippen molar-refractivity contribution in [1.82, 2.24) is 0 Å². The fourth-order valence-corrected chi connectivity index (χ4v) is 2.04. The Balaban J connectivity index is 3.00. The second-order valence-corrected chi connectivity index (χ2v) is 4.73. The van der Waals surface area contributed by atoms with E-state index in [9.17, 15) is 9.59 Å². The van der Waals surface area contributed by atoms with E-state index in [0.717, 1.165) is 23.2 Å². The fourth-order valence-electron chi connectivity index (χ4n) is 2.04. The zero-order valence-electron chi connectivity index (χ0n) is 11.8. The Labute approximate surface area is 114 Å². The number of benzene rings is 1. The molecule has 0 fully saturated rings. The fraction of sp³-hybridized carbons (Fsp3) is 0.467. The van der Waals surface area contributed by atoms with Crippen LogP contribution in [0.15, 0.2) is 18.2 Å². The van der Waals surface area contributed by atoms with E-state index < -0.39 is 5.97 Å². The third-order valence-corrected chi connectivity index (χ3v) is 2.96. The van der Waals surface area contributed by atoms with Crippen LogP contribution in [0.3, 0.4) is 0 Å². The van der Waals surface area contributed by atoms with Crippen molar-refractivity contribution in [2.24, 2.45) is 0 Å². The van der Waals surface area contributed by atoms with Gasteiger partial charge in [0.2, 0.25) is 5.91 Å². The molecular weight excluding hydrogens is 242 g/mol. The number of nitrogens with zero attached hydrogens (tertiary/aromatic N) is 1. The molecule has 1 aromatic carbocycles. The van der Waals surface area contributed by atoms with E-state index in [2.05, 4.69) is 0 Å². The van der Waals surface area contributed by atoms with Crippen LogP contribution in [0, 0.1) is 13.8 Å². The van der Waals surface area contributed by atoms with Crippen LogP contribution in [0.5, 0.6) is 0 Å². The smallest absolute Gasteiger partial charge is 0.305 e. The molecular formula is C15H21NO3. The number of aliphatic carboxylic acids is 1. The molecule has 0 saturated heterocycles. The Morgan fingerprint density at radius 1 is 1.21 bits per heavy atom. The molecule has 1 amide bonds. The summed E-state index contributed by atoms with van der Waals surface area (Å²) in [5, 5.41) is 8.80. The quantitative estimate of drug-likeness (QED) is 0.858. The Hall–Kier alpha value is -1.84. The first kappa shape index (κ1) is 15.2. The van der Waals surface area contributed by atoms with E-state index in [1.165, 1.54) is 0 Å². The van der Waals surface area contributed by atoms with Crippen LogP contribution in [0.2, 0.25) is 0 Å². The van der Waals surface area contributed by atoms with Gasteiger partial charge in [0.1, 0.15) is 0 Å². The van der Waals surface area contributed by atoms with Gasteiger partial charge in [-0.15, -0.1) is 0 Å². The maximum absolute atomic E-state index is 12.1. The number of carboxylic acid groups (broad SMARTS) is 1. The highest BCUT2D eigenvalue weighted by molar-refractivity contribution is 5.94. The highest BCUT2D eigenvalue weighted by Gasteiger charge is 2.17. The largest absolute Gasteiger partial charge is 0.481 e. The van der Waals surface area contributed by atoms with Crippen LogP contribution in [0.4, 0.5) is 5.69 Å². The molecule has 0 spiro atoms. The monoisotopic (exact) mass is 263 g/mol. The van der Waals surface area contributed by atoms with Gasteiger partial charge in [0.15, 0.2) is 0 Å².